The topological polar surface area (TPSA) is 58.4 Å². The van der Waals surface area contributed by atoms with Crippen molar-refractivity contribution in [1.29, 1.82) is 0 Å². The van der Waals surface area contributed by atoms with Crippen LogP contribution >= 0.6 is 0 Å². The Morgan fingerprint density at radius 1 is 1.26 bits per heavy atom. The van der Waals surface area contributed by atoms with Crippen LogP contribution in [-0.4, -0.2) is 31.1 Å². The zero-order valence-corrected chi connectivity index (χ0v) is 10.7. The molecule has 0 aliphatic carbocycles. The lowest BCUT2D eigenvalue weighted by atomic mass is 10.0. The molecule has 1 aromatic carbocycles. The van der Waals surface area contributed by atoms with E-state index >= 15 is 0 Å². The Bertz CT molecular complexity index is 466. The number of halogens is 3. The predicted molar refractivity (Wildman–Crippen MR) is 64.4 cm³/mol. The Hall–Kier alpha value is -1.60. The molecule has 4 nitrogen and oxygen atoms in total. The molecule has 1 amide bonds. The van der Waals surface area contributed by atoms with Gasteiger partial charge in [0.15, 0.2) is 11.6 Å². The lowest BCUT2D eigenvalue weighted by molar-refractivity contribution is -0.125. The highest BCUT2D eigenvalue weighted by molar-refractivity contribution is 5.76. The third-order valence-electron chi connectivity index (χ3n) is 2.37. The van der Waals surface area contributed by atoms with Gasteiger partial charge in [0.2, 0.25) is 5.91 Å². The molecule has 0 saturated heterocycles. The monoisotopic (exact) mass is 275 g/mol. The quantitative estimate of drug-likeness (QED) is 0.621. The molecule has 0 aliphatic rings. The number of amides is 1. The Labute approximate surface area is 109 Å². The first-order chi connectivity index (χ1) is 8.79. The second-order valence-corrected chi connectivity index (χ2v) is 4.46. The summed E-state index contributed by atoms with van der Waals surface area (Å²) in [4.78, 5) is 11.4. The number of rotatable bonds is 5. The second-order valence-electron chi connectivity index (χ2n) is 4.46. The summed E-state index contributed by atoms with van der Waals surface area (Å²) in [7, 11) is 3.27. The maximum atomic E-state index is 13.4. The fraction of sp³-hybridized carbons (Fsp3) is 0.417. The minimum Gasteiger partial charge on any atom is -0.327 e. The fourth-order valence-electron chi connectivity index (χ4n) is 1.61. The first-order valence-corrected chi connectivity index (χ1v) is 5.65. The molecule has 0 aliphatic heterocycles. The molecule has 0 spiro atoms. The molecule has 1 aromatic rings. The van der Waals surface area contributed by atoms with Crippen molar-refractivity contribution in [3.8, 4) is 0 Å². The van der Waals surface area contributed by atoms with Gasteiger partial charge in [-0.3, -0.25) is 10.2 Å². The summed E-state index contributed by atoms with van der Waals surface area (Å²) in [6.45, 7) is 0. The molecular weight excluding hydrogens is 259 g/mol. The number of hydrogen-bond acceptors (Lipinski definition) is 3. The van der Waals surface area contributed by atoms with Crippen LogP contribution in [0.3, 0.4) is 0 Å². The lowest BCUT2D eigenvalue weighted by Gasteiger charge is -2.15. The average Bonchev–Trinajstić information content (AvgIpc) is 2.24. The predicted octanol–water partition coefficient (Wildman–Crippen LogP) is 0.957. The van der Waals surface area contributed by atoms with E-state index in [0.717, 1.165) is 6.07 Å². The van der Waals surface area contributed by atoms with Crippen molar-refractivity contribution in [2.75, 3.05) is 14.1 Å². The number of nitrogens with two attached hydrogens (primary N) is 1. The summed E-state index contributed by atoms with van der Waals surface area (Å²) < 4.78 is 39.1. The number of nitrogens with one attached hydrogen (secondary N) is 1. The molecule has 0 heterocycles. The zero-order valence-electron chi connectivity index (χ0n) is 10.7. The van der Waals surface area contributed by atoms with Crippen LogP contribution < -0.4 is 11.2 Å². The summed E-state index contributed by atoms with van der Waals surface area (Å²) in [5.74, 6) is -3.59. The minimum atomic E-state index is -1.25. The van der Waals surface area contributed by atoms with Gasteiger partial charge in [-0.05, 0) is 18.1 Å². The third kappa shape index (κ3) is 4.88. The van der Waals surface area contributed by atoms with Gasteiger partial charge in [0.1, 0.15) is 5.82 Å². The van der Waals surface area contributed by atoms with Gasteiger partial charge in [-0.25, -0.2) is 18.2 Å². The van der Waals surface area contributed by atoms with Crippen molar-refractivity contribution in [1.82, 2.24) is 10.4 Å². The lowest BCUT2D eigenvalue weighted by Crippen LogP contribution is -2.40. The van der Waals surface area contributed by atoms with E-state index in [4.69, 9.17) is 5.73 Å². The average molecular weight is 275 g/mol. The van der Waals surface area contributed by atoms with Gasteiger partial charge < -0.3 is 5.73 Å². The third-order valence-corrected chi connectivity index (χ3v) is 2.37. The summed E-state index contributed by atoms with van der Waals surface area (Å²) >= 11 is 0. The molecule has 7 heteroatoms. The van der Waals surface area contributed by atoms with Crippen LogP contribution in [0.4, 0.5) is 13.2 Å². The zero-order chi connectivity index (χ0) is 14.6. The van der Waals surface area contributed by atoms with Gasteiger partial charge in [0, 0.05) is 32.6 Å². The van der Waals surface area contributed by atoms with Crippen molar-refractivity contribution in [3.05, 3.63) is 35.1 Å². The summed E-state index contributed by atoms with van der Waals surface area (Å²) in [6.07, 6.45) is -0.0967. The molecule has 0 aromatic heterocycles. The normalized spacial score (nSPS) is 12.6. The van der Waals surface area contributed by atoms with Crippen LogP contribution in [0.1, 0.15) is 12.0 Å². The van der Waals surface area contributed by atoms with Gasteiger partial charge in [0.05, 0.1) is 0 Å². The van der Waals surface area contributed by atoms with Gasteiger partial charge in [0.25, 0.3) is 0 Å². The van der Waals surface area contributed by atoms with Crippen molar-refractivity contribution < 1.29 is 18.0 Å². The molecule has 0 bridgehead atoms. The Kier molecular flexibility index (Phi) is 5.31. The van der Waals surface area contributed by atoms with Crippen LogP contribution in [0.5, 0.6) is 0 Å². The van der Waals surface area contributed by atoms with E-state index in [9.17, 15) is 18.0 Å². The van der Waals surface area contributed by atoms with E-state index in [2.05, 4.69) is 5.43 Å². The number of nitrogens with zero attached hydrogens (tertiary/aromatic N) is 1. The molecule has 1 atom stereocenters. The number of carbonyl (C=O) groups is 1. The Balaban J connectivity index is 2.64. The minimum absolute atomic E-state index is 0.0450. The second kappa shape index (κ2) is 6.53. The van der Waals surface area contributed by atoms with Gasteiger partial charge in [-0.15, -0.1) is 0 Å². The number of hydrogen-bond donors (Lipinski definition) is 2. The SMILES string of the molecule is CN(C)NC(=O)C[C@H](N)Cc1cc(F)c(F)cc1F. The van der Waals surface area contributed by atoms with Crippen LogP contribution in [0.15, 0.2) is 12.1 Å². The summed E-state index contributed by atoms with van der Waals surface area (Å²) in [5, 5.41) is 1.45. The standard InChI is InChI=1S/C12H16F3N3O/c1-18(2)17-12(19)5-8(16)3-7-4-10(14)11(15)6-9(7)13/h4,6,8H,3,5,16H2,1-2H3,(H,17,19)/t8-/m1/s1. The van der Waals surface area contributed by atoms with E-state index in [-0.39, 0.29) is 24.3 Å². The van der Waals surface area contributed by atoms with Crippen LogP contribution in [-0.2, 0) is 11.2 Å². The molecule has 0 unspecified atom stereocenters. The van der Waals surface area contributed by atoms with E-state index < -0.39 is 23.5 Å². The van der Waals surface area contributed by atoms with E-state index in [0.29, 0.717) is 6.07 Å². The molecule has 0 saturated carbocycles. The highest BCUT2D eigenvalue weighted by Crippen LogP contribution is 2.15. The highest BCUT2D eigenvalue weighted by atomic mass is 19.2. The van der Waals surface area contributed by atoms with Crippen molar-refractivity contribution >= 4 is 5.91 Å². The maximum absolute atomic E-state index is 13.4. The number of carbonyl (C=O) groups excluding carboxylic acids is 1. The molecule has 0 fully saturated rings. The first kappa shape index (κ1) is 15.5. The molecular formula is C12H16F3N3O. The molecule has 3 N–H and O–H groups in total. The van der Waals surface area contributed by atoms with Crippen molar-refractivity contribution in [2.24, 2.45) is 5.73 Å². The van der Waals surface area contributed by atoms with Gasteiger partial charge >= 0.3 is 0 Å². The number of benzene rings is 1. The largest absolute Gasteiger partial charge is 0.327 e. The van der Waals surface area contributed by atoms with E-state index in [1.807, 2.05) is 0 Å². The van der Waals surface area contributed by atoms with Crippen LogP contribution in [0.25, 0.3) is 0 Å². The fourth-order valence-corrected chi connectivity index (χ4v) is 1.61. The smallest absolute Gasteiger partial charge is 0.235 e. The number of hydrazine groups is 1. The summed E-state index contributed by atoms with van der Waals surface area (Å²) in [6, 6.07) is 0.547. The maximum Gasteiger partial charge on any atom is 0.235 e. The first-order valence-electron chi connectivity index (χ1n) is 5.65. The molecule has 0 radical (unpaired) electrons. The van der Waals surface area contributed by atoms with Crippen LogP contribution in [0, 0.1) is 17.5 Å². The van der Waals surface area contributed by atoms with Crippen LogP contribution in [0.2, 0.25) is 0 Å². The van der Waals surface area contributed by atoms with Gasteiger partial charge in [-0.1, -0.05) is 0 Å². The van der Waals surface area contributed by atoms with E-state index in [1.54, 1.807) is 14.1 Å². The molecule has 19 heavy (non-hydrogen) atoms. The Morgan fingerprint density at radius 3 is 2.42 bits per heavy atom. The summed E-state index contributed by atoms with van der Waals surface area (Å²) in [5.41, 5.74) is 8.11. The molecule has 1 rings (SSSR count). The van der Waals surface area contributed by atoms with Crippen molar-refractivity contribution in [3.63, 3.8) is 0 Å². The van der Waals surface area contributed by atoms with E-state index in [1.165, 1.54) is 5.01 Å². The highest BCUT2D eigenvalue weighted by Gasteiger charge is 2.15. The molecule has 106 valence electrons. The Morgan fingerprint density at radius 2 is 1.84 bits per heavy atom. The van der Waals surface area contributed by atoms with Gasteiger partial charge in [-0.2, -0.15) is 0 Å². The van der Waals surface area contributed by atoms with Crippen molar-refractivity contribution in [2.45, 2.75) is 18.9 Å².